The molecule has 0 radical (unpaired) electrons. The Balaban J connectivity index is 1.62. The van der Waals surface area contributed by atoms with Crippen LogP contribution in [0.5, 0.6) is 0 Å². The van der Waals surface area contributed by atoms with Gasteiger partial charge in [0.25, 0.3) is 5.89 Å². The Kier molecular flexibility index (Phi) is 5.43. The molecule has 26 heavy (non-hydrogen) atoms. The normalized spacial score (nSPS) is 12.3. The van der Waals surface area contributed by atoms with E-state index in [1.165, 1.54) is 30.3 Å². The molecule has 0 aliphatic carbocycles. The molecule has 0 saturated carbocycles. The summed E-state index contributed by atoms with van der Waals surface area (Å²) in [4.78, 5) is 11.9. The maximum absolute atomic E-state index is 13.0. The van der Waals surface area contributed by atoms with Crippen LogP contribution in [0.2, 0.25) is 5.02 Å². The quantitative estimate of drug-likeness (QED) is 0.473. The van der Waals surface area contributed by atoms with Crippen molar-refractivity contribution >= 4 is 23.6 Å². The lowest BCUT2D eigenvalue weighted by Crippen LogP contribution is -2.06. The van der Waals surface area contributed by atoms with Gasteiger partial charge in [-0.1, -0.05) is 23.7 Å². The van der Waals surface area contributed by atoms with Crippen LogP contribution in [-0.2, 0) is 9.53 Å². The summed E-state index contributed by atoms with van der Waals surface area (Å²) < 4.78 is 23.7. The van der Waals surface area contributed by atoms with E-state index in [0.717, 1.165) is 5.56 Å². The van der Waals surface area contributed by atoms with Gasteiger partial charge in [-0.15, -0.1) is 10.2 Å². The van der Waals surface area contributed by atoms with Crippen molar-refractivity contribution < 1.29 is 18.3 Å². The zero-order chi connectivity index (χ0) is 18.5. The zero-order valence-corrected chi connectivity index (χ0v) is 14.5. The molecule has 3 rings (SSSR count). The Morgan fingerprint density at radius 3 is 2.54 bits per heavy atom. The zero-order valence-electron chi connectivity index (χ0n) is 13.7. The van der Waals surface area contributed by atoms with Gasteiger partial charge >= 0.3 is 5.97 Å². The molecule has 0 fully saturated rings. The van der Waals surface area contributed by atoms with Crippen LogP contribution in [-0.4, -0.2) is 16.2 Å². The number of halogens is 2. The third-order valence-electron chi connectivity index (χ3n) is 3.45. The fourth-order valence-corrected chi connectivity index (χ4v) is 2.24. The van der Waals surface area contributed by atoms with E-state index in [1.807, 2.05) is 0 Å². The molecule has 0 amide bonds. The molecule has 5 nitrogen and oxygen atoms in total. The molecule has 0 bridgehead atoms. The molecule has 0 aliphatic rings. The third kappa shape index (κ3) is 4.55. The second kappa shape index (κ2) is 7.93. The Bertz CT molecular complexity index is 921. The minimum atomic E-state index is -0.723. The lowest BCUT2D eigenvalue weighted by Gasteiger charge is -2.06. The number of esters is 1. The number of ether oxygens (including phenoxy) is 1. The number of hydrogen-bond donors (Lipinski definition) is 0. The average Bonchev–Trinajstić information content (AvgIpc) is 3.12. The number of carbonyl (C=O) groups excluding carboxylic acids is 1. The maximum atomic E-state index is 13.0. The van der Waals surface area contributed by atoms with Gasteiger partial charge in [0.2, 0.25) is 5.89 Å². The molecule has 3 aromatic rings. The van der Waals surface area contributed by atoms with Gasteiger partial charge in [0.1, 0.15) is 5.82 Å². The molecular weight excluding hydrogens is 359 g/mol. The van der Waals surface area contributed by atoms with Crippen molar-refractivity contribution in [2.45, 2.75) is 13.0 Å². The highest BCUT2D eigenvalue weighted by molar-refractivity contribution is 6.30. The first-order valence-corrected chi connectivity index (χ1v) is 8.12. The summed E-state index contributed by atoms with van der Waals surface area (Å²) in [6.07, 6.45) is 2.19. The Hall–Kier alpha value is -2.99. The van der Waals surface area contributed by atoms with E-state index < -0.39 is 12.1 Å². The van der Waals surface area contributed by atoms with Crippen molar-refractivity contribution in [3.63, 3.8) is 0 Å². The van der Waals surface area contributed by atoms with Gasteiger partial charge in [-0.3, -0.25) is 0 Å². The lowest BCUT2D eigenvalue weighted by molar-refractivity contribution is -0.143. The molecule has 0 aliphatic heterocycles. The van der Waals surface area contributed by atoms with Gasteiger partial charge in [0.05, 0.1) is 0 Å². The number of hydrogen-bond acceptors (Lipinski definition) is 5. The highest BCUT2D eigenvalue weighted by Gasteiger charge is 2.18. The summed E-state index contributed by atoms with van der Waals surface area (Å²) in [5.41, 5.74) is 1.39. The standard InChI is InChI=1S/C19H14ClFN2O3/c1-12(25-17(24)11-4-13-2-7-15(20)8-3-13)18-22-23-19(26-18)14-5-9-16(21)10-6-14/h2-12H,1H3/b11-4+/t12-/m1/s1. The Morgan fingerprint density at radius 1 is 1.15 bits per heavy atom. The summed E-state index contributed by atoms with van der Waals surface area (Å²) in [6.45, 7) is 1.62. The largest absolute Gasteiger partial charge is 0.449 e. The molecular formula is C19H14ClFN2O3. The molecule has 0 spiro atoms. The smallest absolute Gasteiger partial charge is 0.331 e. The highest BCUT2D eigenvalue weighted by Crippen LogP contribution is 2.22. The summed E-state index contributed by atoms with van der Waals surface area (Å²) in [6, 6.07) is 12.7. The Morgan fingerprint density at radius 2 is 1.85 bits per heavy atom. The number of nitrogens with zero attached hydrogens (tertiary/aromatic N) is 2. The van der Waals surface area contributed by atoms with Crippen LogP contribution in [0.4, 0.5) is 4.39 Å². The van der Waals surface area contributed by atoms with E-state index in [9.17, 15) is 9.18 Å². The molecule has 1 atom stereocenters. The first-order chi connectivity index (χ1) is 12.5. The second-order valence-electron chi connectivity index (χ2n) is 5.42. The van der Waals surface area contributed by atoms with E-state index in [0.29, 0.717) is 10.6 Å². The van der Waals surface area contributed by atoms with Crippen molar-refractivity contribution in [1.82, 2.24) is 10.2 Å². The van der Waals surface area contributed by atoms with E-state index in [4.69, 9.17) is 20.8 Å². The second-order valence-corrected chi connectivity index (χ2v) is 5.85. The van der Waals surface area contributed by atoms with Crippen LogP contribution in [0.3, 0.4) is 0 Å². The number of carbonyl (C=O) groups is 1. The van der Waals surface area contributed by atoms with Crippen LogP contribution >= 0.6 is 11.6 Å². The van der Waals surface area contributed by atoms with Crippen molar-refractivity contribution in [2.24, 2.45) is 0 Å². The molecule has 0 saturated heterocycles. The van der Waals surface area contributed by atoms with Gasteiger partial charge in [-0.2, -0.15) is 0 Å². The molecule has 2 aromatic carbocycles. The summed E-state index contributed by atoms with van der Waals surface area (Å²) in [5.74, 6) is -0.533. The van der Waals surface area contributed by atoms with Gasteiger partial charge in [-0.05, 0) is 55.0 Å². The van der Waals surface area contributed by atoms with Crippen molar-refractivity contribution in [2.75, 3.05) is 0 Å². The molecule has 1 aromatic heterocycles. The van der Waals surface area contributed by atoms with Crippen LogP contribution in [0.25, 0.3) is 17.5 Å². The maximum Gasteiger partial charge on any atom is 0.331 e. The number of aromatic nitrogens is 2. The molecule has 132 valence electrons. The minimum Gasteiger partial charge on any atom is -0.449 e. The van der Waals surface area contributed by atoms with Gasteiger partial charge in [0.15, 0.2) is 6.10 Å². The average molecular weight is 373 g/mol. The predicted molar refractivity (Wildman–Crippen MR) is 94.7 cm³/mol. The summed E-state index contributed by atoms with van der Waals surface area (Å²) in [7, 11) is 0. The van der Waals surface area contributed by atoms with Gasteiger partial charge < -0.3 is 9.15 Å². The lowest BCUT2D eigenvalue weighted by atomic mass is 10.2. The fraction of sp³-hybridized carbons (Fsp3) is 0.105. The van der Waals surface area contributed by atoms with E-state index >= 15 is 0 Å². The SMILES string of the molecule is C[C@@H](OC(=O)/C=C/c1ccc(Cl)cc1)c1nnc(-c2ccc(F)cc2)o1. The Labute approximate surface area is 154 Å². The highest BCUT2D eigenvalue weighted by atomic mass is 35.5. The van der Waals surface area contributed by atoms with Crippen molar-refractivity contribution in [3.8, 4) is 11.5 Å². The predicted octanol–water partition coefficient (Wildman–Crippen LogP) is 4.85. The molecule has 0 unspecified atom stereocenters. The van der Waals surface area contributed by atoms with E-state index in [2.05, 4.69) is 10.2 Å². The minimum absolute atomic E-state index is 0.151. The molecule has 1 heterocycles. The van der Waals surface area contributed by atoms with Crippen molar-refractivity contribution in [3.05, 3.63) is 76.9 Å². The fourth-order valence-electron chi connectivity index (χ4n) is 2.11. The summed E-state index contributed by atoms with van der Waals surface area (Å²) >= 11 is 5.81. The first-order valence-electron chi connectivity index (χ1n) is 7.75. The monoisotopic (exact) mass is 372 g/mol. The van der Waals surface area contributed by atoms with Crippen LogP contribution < -0.4 is 0 Å². The van der Waals surface area contributed by atoms with Crippen molar-refractivity contribution in [1.29, 1.82) is 0 Å². The number of rotatable bonds is 5. The summed E-state index contributed by atoms with van der Waals surface area (Å²) in [5, 5.41) is 8.37. The third-order valence-corrected chi connectivity index (χ3v) is 3.71. The first kappa shape index (κ1) is 17.8. The topological polar surface area (TPSA) is 65.2 Å². The van der Waals surface area contributed by atoms with Crippen LogP contribution in [0, 0.1) is 5.82 Å². The molecule has 7 heteroatoms. The number of benzene rings is 2. The van der Waals surface area contributed by atoms with Gasteiger partial charge in [-0.25, -0.2) is 9.18 Å². The van der Waals surface area contributed by atoms with Crippen LogP contribution in [0.15, 0.2) is 59.0 Å². The van der Waals surface area contributed by atoms with Crippen LogP contribution in [0.1, 0.15) is 24.5 Å². The van der Waals surface area contributed by atoms with Gasteiger partial charge in [0, 0.05) is 16.7 Å². The molecule has 0 N–H and O–H groups in total. The van der Waals surface area contributed by atoms with E-state index in [-0.39, 0.29) is 17.6 Å². The van der Waals surface area contributed by atoms with E-state index in [1.54, 1.807) is 37.3 Å².